The minimum absolute atomic E-state index is 0.103. The maximum Gasteiger partial charge on any atom is 0.213 e. The van der Waals surface area contributed by atoms with Gasteiger partial charge in [-0.1, -0.05) is 24.3 Å². The van der Waals surface area contributed by atoms with Crippen molar-refractivity contribution in [2.24, 2.45) is 0 Å². The second-order valence-electron chi connectivity index (χ2n) is 8.26. The zero-order valence-corrected chi connectivity index (χ0v) is 18.8. The smallest absolute Gasteiger partial charge is 0.213 e. The first-order valence-electron chi connectivity index (χ1n) is 11.4. The van der Waals surface area contributed by atoms with E-state index in [4.69, 9.17) is 19.9 Å². The minimum Gasteiger partial charge on any atom is -0.478 e. The van der Waals surface area contributed by atoms with Gasteiger partial charge in [-0.15, -0.1) is 0 Å². The number of para-hydroxylation sites is 1. The molecule has 0 atom stereocenters. The van der Waals surface area contributed by atoms with Gasteiger partial charge in [0.05, 0.1) is 25.3 Å². The third-order valence-electron chi connectivity index (χ3n) is 5.93. The van der Waals surface area contributed by atoms with E-state index in [0.717, 1.165) is 40.6 Å². The quantitative estimate of drug-likeness (QED) is 0.309. The molecule has 1 saturated heterocycles. The number of hydrogen-bond donors (Lipinski definition) is 1. The van der Waals surface area contributed by atoms with E-state index in [2.05, 4.69) is 11.1 Å². The Kier molecular flexibility index (Phi) is 6.43. The molecule has 5 rings (SSSR count). The molecule has 34 heavy (non-hydrogen) atoms. The molecule has 7 nitrogen and oxygen atoms in total. The first kappa shape index (κ1) is 22.0. The van der Waals surface area contributed by atoms with E-state index in [1.54, 1.807) is 0 Å². The van der Waals surface area contributed by atoms with Crippen molar-refractivity contribution < 1.29 is 14.2 Å². The van der Waals surface area contributed by atoms with Gasteiger partial charge in [-0.2, -0.15) is 5.26 Å². The molecule has 7 heteroatoms. The van der Waals surface area contributed by atoms with Gasteiger partial charge in [0.15, 0.2) is 6.29 Å². The van der Waals surface area contributed by atoms with Gasteiger partial charge in [-0.3, -0.25) is 0 Å². The number of aromatic nitrogens is 2. The summed E-state index contributed by atoms with van der Waals surface area (Å²) in [6, 6.07) is 21.9. The van der Waals surface area contributed by atoms with Crippen LogP contribution in [0.4, 0.5) is 5.69 Å². The molecule has 0 unspecified atom stereocenters. The summed E-state index contributed by atoms with van der Waals surface area (Å²) in [5.41, 5.74) is 11.5. The van der Waals surface area contributed by atoms with E-state index in [0.29, 0.717) is 43.5 Å². The van der Waals surface area contributed by atoms with Crippen molar-refractivity contribution in [3.63, 3.8) is 0 Å². The molecule has 1 aliphatic heterocycles. The number of anilines is 1. The van der Waals surface area contributed by atoms with Crippen molar-refractivity contribution in [1.29, 1.82) is 5.26 Å². The zero-order valence-electron chi connectivity index (χ0n) is 18.8. The molecule has 2 N–H and O–H groups in total. The number of rotatable bonds is 8. The molecular weight excluding hydrogens is 428 g/mol. The molecule has 0 saturated carbocycles. The Morgan fingerprint density at radius 3 is 2.74 bits per heavy atom. The standard InChI is InChI=1S/C27H26N4O3/c28-17-23-15-20-4-1-2-5-25(20)31(23)22-8-9-24(29)21(16-22)14-19-7-10-26(30-18-19)32-11-3-6-27-33-12-13-34-27/h1-2,4-5,7-10,15-16,18,27H,3,6,11-14,29H2. The highest BCUT2D eigenvalue weighted by Crippen LogP contribution is 2.27. The number of nitrogens with two attached hydrogens (primary N) is 1. The summed E-state index contributed by atoms with van der Waals surface area (Å²) in [5, 5.41) is 10.7. The Labute approximate surface area is 198 Å². The van der Waals surface area contributed by atoms with Crippen molar-refractivity contribution in [3.05, 3.63) is 83.7 Å². The summed E-state index contributed by atoms with van der Waals surface area (Å²) in [6.07, 6.45) is 4.00. The fourth-order valence-electron chi connectivity index (χ4n) is 4.22. The molecule has 2 aromatic heterocycles. The van der Waals surface area contributed by atoms with E-state index < -0.39 is 0 Å². The van der Waals surface area contributed by atoms with Crippen LogP contribution in [0.25, 0.3) is 16.6 Å². The monoisotopic (exact) mass is 454 g/mol. The predicted octanol–water partition coefficient (Wildman–Crippen LogP) is 4.60. The number of nitrogens with zero attached hydrogens (tertiary/aromatic N) is 3. The van der Waals surface area contributed by atoms with Gasteiger partial charge in [0.1, 0.15) is 11.8 Å². The summed E-state index contributed by atoms with van der Waals surface area (Å²) in [7, 11) is 0. The highest BCUT2D eigenvalue weighted by molar-refractivity contribution is 5.84. The van der Waals surface area contributed by atoms with Gasteiger partial charge >= 0.3 is 0 Å². The van der Waals surface area contributed by atoms with Crippen LogP contribution in [-0.2, 0) is 15.9 Å². The third kappa shape index (κ3) is 4.74. The average molecular weight is 455 g/mol. The lowest BCUT2D eigenvalue weighted by Gasteiger charge is -2.12. The molecule has 1 aliphatic rings. The van der Waals surface area contributed by atoms with Gasteiger partial charge in [0.25, 0.3) is 0 Å². The summed E-state index contributed by atoms with van der Waals surface area (Å²) >= 11 is 0. The van der Waals surface area contributed by atoms with Crippen LogP contribution in [0.5, 0.6) is 5.88 Å². The Balaban J connectivity index is 1.28. The molecule has 1 fully saturated rings. The van der Waals surface area contributed by atoms with Gasteiger partial charge in [0, 0.05) is 41.9 Å². The van der Waals surface area contributed by atoms with Crippen LogP contribution in [0.15, 0.2) is 66.9 Å². The minimum atomic E-state index is -0.103. The first-order valence-corrected chi connectivity index (χ1v) is 11.4. The Morgan fingerprint density at radius 1 is 1.09 bits per heavy atom. The van der Waals surface area contributed by atoms with Crippen LogP contribution < -0.4 is 10.5 Å². The highest BCUT2D eigenvalue weighted by atomic mass is 16.7. The van der Waals surface area contributed by atoms with Gasteiger partial charge in [-0.25, -0.2) is 4.98 Å². The molecule has 172 valence electrons. The van der Waals surface area contributed by atoms with Crippen molar-refractivity contribution >= 4 is 16.6 Å². The number of benzene rings is 2. The van der Waals surface area contributed by atoms with Crippen molar-refractivity contribution in [2.75, 3.05) is 25.6 Å². The zero-order chi connectivity index (χ0) is 23.3. The lowest BCUT2D eigenvalue weighted by molar-refractivity contribution is -0.0493. The Morgan fingerprint density at radius 2 is 1.94 bits per heavy atom. The molecule has 0 aliphatic carbocycles. The fraction of sp³-hybridized carbons (Fsp3) is 0.259. The van der Waals surface area contributed by atoms with Crippen LogP contribution in [-0.4, -0.2) is 35.7 Å². The Bertz CT molecular complexity index is 1320. The second-order valence-corrected chi connectivity index (χ2v) is 8.26. The summed E-state index contributed by atoms with van der Waals surface area (Å²) < 4.78 is 18.6. The molecule has 2 aromatic carbocycles. The van der Waals surface area contributed by atoms with E-state index in [1.807, 2.05) is 71.4 Å². The lowest BCUT2D eigenvalue weighted by atomic mass is 10.0. The molecule has 0 bridgehead atoms. The number of ether oxygens (including phenoxy) is 3. The van der Waals surface area contributed by atoms with E-state index in [9.17, 15) is 5.26 Å². The maximum atomic E-state index is 9.67. The molecular formula is C27H26N4O3. The van der Waals surface area contributed by atoms with Gasteiger partial charge in [0.2, 0.25) is 5.88 Å². The summed E-state index contributed by atoms with van der Waals surface area (Å²) in [4.78, 5) is 4.44. The normalized spacial score (nSPS) is 13.9. The summed E-state index contributed by atoms with van der Waals surface area (Å²) in [6.45, 7) is 1.91. The van der Waals surface area contributed by atoms with Crippen LogP contribution in [0.2, 0.25) is 0 Å². The summed E-state index contributed by atoms with van der Waals surface area (Å²) in [5.74, 6) is 0.594. The Hall–Kier alpha value is -3.86. The molecule has 0 amide bonds. The van der Waals surface area contributed by atoms with Crippen molar-refractivity contribution in [1.82, 2.24) is 9.55 Å². The molecule has 0 radical (unpaired) electrons. The second kappa shape index (κ2) is 9.96. The van der Waals surface area contributed by atoms with E-state index in [-0.39, 0.29) is 6.29 Å². The SMILES string of the molecule is N#Cc1cc2ccccc2n1-c1ccc(N)c(Cc2ccc(OCCCC3OCCO3)nc2)c1. The van der Waals surface area contributed by atoms with E-state index >= 15 is 0 Å². The average Bonchev–Trinajstić information content (AvgIpc) is 3.52. The third-order valence-corrected chi connectivity index (χ3v) is 5.93. The molecule has 3 heterocycles. The lowest BCUT2D eigenvalue weighted by Crippen LogP contribution is -2.10. The number of nitriles is 1. The molecule has 4 aromatic rings. The first-order chi connectivity index (χ1) is 16.7. The maximum absolute atomic E-state index is 9.67. The van der Waals surface area contributed by atoms with Crippen LogP contribution >= 0.6 is 0 Å². The van der Waals surface area contributed by atoms with Crippen LogP contribution in [0, 0.1) is 11.3 Å². The topological polar surface area (TPSA) is 95.3 Å². The number of pyridine rings is 1. The van der Waals surface area contributed by atoms with Crippen LogP contribution in [0.3, 0.4) is 0 Å². The predicted molar refractivity (Wildman–Crippen MR) is 130 cm³/mol. The fourth-order valence-corrected chi connectivity index (χ4v) is 4.22. The number of nitrogen functional groups attached to an aromatic ring is 1. The van der Waals surface area contributed by atoms with Gasteiger partial charge in [-0.05, 0) is 47.9 Å². The number of hydrogen-bond acceptors (Lipinski definition) is 6. The molecule has 0 spiro atoms. The van der Waals surface area contributed by atoms with Crippen molar-refractivity contribution in [3.8, 4) is 17.6 Å². The van der Waals surface area contributed by atoms with Crippen molar-refractivity contribution in [2.45, 2.75) is 25.6 Å². The van der Waals surface area contributed by atoms with Crippen LogP contribution in [0.1, 0.15) is 29.7 Å². The van der Waals surface area contributed by atoms with Gasteiger partial charge < -0.3 is 24.5 Å². The highest BCUT2D eigenvalue weighted by Gasteiger charge is 2.15. The van der Waals surface area contributed by atoms with E-state index in [1.165, 1.54) is 0 Å². The largest absolute Gasteiger partial charge is 0.478 e. The number of fused-ring (bicyclic) bond motifs is 1.